The maximum absolute atomic E-state index is 6.32. The molecule has 2 rings (SSSR count). The highest BCUT2D eigenvalue weighted by atomic mass is 35.5. The summed E-state index contributed by atoms with van der Waals surface area (Å²) in [6.07, 6.45) is 5.71. The zero-order chi connectivity index (χ0) is 22.6. The Morgan fingerprint density at radius 1 is 1.00 bits per heavy atom. The summed E-state index contributed by atoms with van der Waals surface area (Å²) in [6.45, 7) is 9.70. The minimum atomic E-state index is 0.558. The maximum Gasteiger partial charge on any atom is 0.137 e. The molecule has 0 aliphatic rings. The average Bonchev–Trinajstić information content (AvgIpc) is 2.73. The van der Waals surface area contributed by atoms with Gasteiger partial charge >= 0.3 is 0 Å². The van der Waals surface area contributed by atoms with Gasteiger partial charge in [-0.05, 0) is 82.0 Å². The molecule has 0 saturated heterocycles. The van der Waals surface area contributed by atoms with Crippen LogP contribution < -0.4 is 14.2 Å². The molecule has 0 amide bonds. The van der Waals surface area contributed by atoms with Gasteiger partial charge in [0.1, 0.15) is 31.0 Å². The number of rotatable bonds is 12. The summed E-state index contributed by atoms with van der Waals surface area (Å²) in [7, 11) is 1.52. The summed E-state index contributed by atoms with van der Waals surface area (Å²) in [4.78, 5) is 4.80. The molecule has 0 unspecified atom stereocenters. The fraction of sp³-hybridized carbons (Fsp3) is 0.400. The van der Waals surface area contributed by atoms with Crippen LogP contribution in [0.4, 0.5) is 0 Å². The summed E-state index contributed by atoms with van der Waals surface area (Å²) in [6, 6.07) is 9.63. The van der Waals surface area contributed by atoms with Crippen molar-refractivity contribution in [2.75, 3.05) is 26.9 Å². The van der Waals surface area contributed by atoms with Gasteiger partial charge in [0, 0.05) is 5.56 Å². The zero-order valence-corrected chi connectivity index (χ0v) is 19.8. The van der Waals surface area contributed by atoms with Crippen LogP contribution in [-0.4, -0.2) is 32.6 Å². The van der Waals surface area contributed by atoms with E-state index < -0.39 is 0 Å². The Labute approximate surface area is 190 Å². The SMILES string of the molecule is C/C=C/COc1cc(C)c(OCCCCOc2ccc(/C(C)=N/OC)cc2Cl)c(C)c1. The summed E-state index contributed by atoms with van der Waals surface area (Å²) < 4.78 is 17.5. The molecule has 0 bridgehead atoms. The number of hydrogen-bond acceptors (Lipinski definition) is 5. The molecule has 168 valence electrons. The molecule has 0 N–H and O–H groups in total. The van der Waals surface area contributed by atoms with E-state index in [1.807, 2.05) is 70.2 Å². The van der Waals surface area contributed by atoms with Crippen molar-refractivity contribution in [1.29, 1.82) is 0 Å². The van der Waals surface area contributed by atoms with Gasteiger partial charge in [-0.15, -0.1) is 0 Å². The Kier molecular flexibility index (Phi) is 10.2. The molecule has 0 spiro atoms. The van der Waals surface area contributed by atoms with Crippen LogP contribution in [0.5, 0.6) is 17.2 Å². The van der Waals surface area contributed by atoms with Gasteiger partial charge in [0.25, 0.3) is 0 Å². The van der Waals surface area contributed by atoms with Gasteiger partial charge in [-0.1, -0.05) is 28.9 Å². The lowest BCUT2D eigenvalue weighted by molar-refractivity contribution is 0.213. The third-order valence-corrected chi connectivity index (χ3v) is 4.93. The first-order chi connectivity index (χ1) is 15.0. The predicted octanol–water partition coefficient (Wildman–Crippen LogP) is 6.52. The summed E-state index contributed by atoms with van der Waals surface area (Å²) in [5.74, 6) is 2.45. The van der Waals surface area contributed by atoms with E-state index in [2.05, 4.69) is 5.16 Å². The number of benzene rings is 2. The number of halogens is 1. The molecule has 0 atom stereocenters. The Morgan fingerprint density at radius 3 is 2.29 bits per heavy atom. The lowest BCUT2D eigenvalue weighted by atomic mass is 10.1. The van der Waals surface area contributed by atoms with Crippen LogP contribution in [0.25, 0.3) is 0 Å². The van der Waals surface area contributed by atoms with Crippen LogP contribution >= 0.6 is 11.6 Å². The van der Waals surface area contributed by atoms with Crippen LogP contribution in [0.2, 0.25) is 5.02 Å². The first-order valence-electron chi connectivity index (χ1n) is 10.4. The number of nitrogens with zero attached hydrogens (tertiary/aromatic N) is 1. The van der Waals surface area contributed by atoms with Crippen LogP contribution in [0, 0.1) is 13.8 Å². The molecule has 0 saturated carbocycles. The molecule has 0 radical (unpaired) electrons. The highest BCUT2D eigenvalue weighted by molar-refractivity contribution is 6.32. The fourth-order valence-corrected chi connectivity index (χ4v) is 3.29. The number of oxime groups is 1. The summed E-state index contributed by atoms with van der Waals surface area (Å²) >= 11 is 6.32. The molecule has 5 nitrogen and oxygen atoms in total. The zero-order valence-electron chi connectivity index (χ0n) is 19.0. The van der Waals surface area contributed by atoms with Crippen molar-refractivity contribution in [2.45, 2.75) is 40.5 Å². The Hall–Kier alpha value is -2.66. The van der Waals surface area contributed by atoms with Gasteiger partial charge in [-0.2, -0.15) is 0 Å². The van der Waals surface area contributed by atoms with E-state index in [0.29, 0.717) is 30.6 Å². The topological polar surface area (TPSA) is 49.3 Å². The summed E-state index contributed by atoms with van der Waals surface area (Å²) in [5.41, 5.74) is 3.81. The molecule has 0 aromatic heterocycles. The lowest BCUT2D eigenvalue weighted by Gasteiger charge is -2.14. The maximum atomic E-state index is 6.32. The summed E-state index contributed by atoms with van der Waals surface area (Å²) in [5, 5.41) is 4.47. The van der Waals surface area contributed by atoms with E-state index in [4.69, 9.17) is 30.6 Å². The van der Waals surface area contributed by atoms with Crippen LogP contribution in [0.1, 0.15) is 43.4 Å². The highest BCUT2D eigenvalue weighted by Crippen LogP contribution is 2.29. The smallest absolute Gasteiger partial charge is 0.137 e. The lowest BCUT2D eigenvalue weighted by Crippen LogP contribution is -2.05. The first-order valence-corrected chi connectivity index (χ1v) is 10.8. The van der Waals surface area contributed by atoms with Gasteiger partial charge in [-0.25, -0.2) is 0 Å². The third kappa shape index (κ3) is 7.83. The quantitative estimate of drug-likeness (QED) is 0.161. The molecule has 2 aromatic carbocycles. The van der Waals surface area contributed by atoms with Gasteiger partial charge in [0.15, 0.2) is 0 Å². The second-order valence-electron chi connectivity index (χ2n) is 7.17. The highest BCUT2D eigenvalue weighted by Gasteiger charge is 2.08. The largest absolute Gasteiger partial charge is 0.493 e. The van der Waals surface area contributed by atoms with E-state index in [-0.39, 0.29) is 0 Å². The predicted molar refractivity (Wildman–Crippen MR) is 127 cm³/mol. The molecule has 0 heterocycles. The third-order valence-electron chi connectivity index (χ3n) is 4.64. The van der Waals surface area contributed by atoms with Crippen molar-refractivity contribution < 1.29 is 19.0 Å². The molecule has 31 heavy (non-hydrogen) atoms. The fourth-order valence-electron chi connectivity index (χ4n) is 3.06. The Morgan fingerprint density at radius 2 is 1.68 bits per heavy atom. The molecule has 2 aromatic rings. The van der Waals surface area contributed by atoms with E-state index in [0.717, 1.165) is 46.7 Å². The van der Waals surface area contributed by atoms with Crippen molar-refractivity contribution in [1.82, 2.24) is 0 Å². The second kappa shape index (κ2) is 12.9. The minimum absolute atomic E-state index is 0.558. The first kappa shape index (κ1) is 24.6. The molecular weight excluding hydrogens is 414 g/mol. The van der Waals surface area contributed by atoms with Crippen molar-refractivity contribution in [3.05, 3.63) is 64.2 Å². The van der Waals surface area contributed by atoms with Crippen LogP contribution in [0.15, 0.2) is 47.6 Å². The second-order valence-corrected chi connectivity index (χ2v) is 7.58. The normalized spacial score (nSPS) is 11.6. The Balaban J connectivity index is 1.77. The number of allylic oxidation sites excluding steroid dienone is 1. The van der Waals surface area contributed by atoms with Gasteiger partial charge in [-0.3, -0.25) is 0 Å². The van der Waals surface area contributed by atoms with Crippen molar-refractivity contribution >= 4 is 17.3 Å². The molecule has 0 aliphatic carbocycles. The molecule has 6 heteroatoms. The van der Waals surface area contributed by atoms with Crippen molar-refractivity contribution in [2.24, 2.45) is 5.16 Å². The van der Waals surface area contributed by atoms with Crippen LogP contribution in [0.3, 0.4) is 0 Å². The minimum Gasteiger partial charge on any atom is -0.493 e. The van der Waals surface area contributed by atoms with E-state index in [1.54, 1.807) is 0 Å². The molecule has 0 fully saturated rings. The van der Waals surface area contributed by atoms with E-state index >= 15 is 0 Å². The van der Waals surface area contributed by atoms with Gasteiger partial charge in [0.2, 0.25) is 0 Å². The molecular formula is C25H32ClNO4. The average molecular weight is 446 g/mol. The standard InChI is InChI=1S/C25H32ClNO4/c1-6-7-12-29-22-15-18(2)25(19(3)16-22)31-14-9-8-13-30-24-11-10-21(17-23(24)26)20(4)27-28-5/h6-7,10-11,15-17H,8-9,12-14H2,1-5H3/b7-6+,27-20+. The van der Waals surface area contributed by atoms with Crippen molar-refractivity contribution in [3.8, 4) is 17.2 Å². The molecule has 0 aliphatic heterocycles. The number of aryl methyl sites for hydroxylation is 2. The van der Waals surface area contributed by atoms with E-state index in [1.165, 1.54) is 7.11 Å². The number of hydrogen-bond donors (Lipinski definition) is 0. The van der Waals surface area contributed by atoms with Gasteiger partial charge in [0.05, 0.1) is 23.9 Å². The van der Waals surface area contributed by atoms with E-state index in [9.17, 15) is 0 Å². The number of unbranched alkanes of at least 4 members (excludes halogenated alkanes) is 1. The van der Waals surface area contributed by atoms with Crippen LogP contribution in [-0.2, 0) is 4.84 Å². The number of ether oxygens (including phenoxy) is 3. The monoisotopic (exact) mass is 445 g/mol. The van der Waals surface area contributed by atoms with Gasteiger partial charge < -0.3 is 19.0 Å². The van der Waals surface area contributed by atoms with Crippen molar-refractivity contribution in [3.63, 3.8) is 0 Å². The Bertz CT molecular complexity index is 885.